The largest absolute Gasteiger partial charge is 0.458 e. The Balaban J connectivity index is 0.000000318. The summed E-state index contributed by atoms with van der Waals surface area (Å²) in [5.41, 5.74) is 0. The van der Waals surface area contributed by atoms with E-state index in [1.165, 1.54) is 12.3 Å². The highest BCUT2D eigenvalue weighted by molar-refractivity contribution is 6.29. The topological polar surface area (TPSA) is 82.0 Å². The molecule has 94 valence electrons. The Bertz CT molecular complexity index is 317. The summed E-state index contributed by atoms with van der Waals surface area (Å²) in [4.78, 5) is 34.9. The lowest BCUT2D eigenvalue weighted by Crippen LogP contribution is -2.19. The first-order valence-corrected chi connectivity index (χ1v) is 5.16. The number of hydrogen-bond acceptors (Lipinski definition) is 6. The summed E-state index contributed by atoms with van der Waals surface area (Å²) >= 11 is 0. The summed E-state index contributed by atoms with van der Waals surface area (Å²) in [6, 6.07) is 0. The van der Waals surface area contributed by atoms with Gasteiger partial charge in [0.2, 0.25) is 0 Å². The van der Waals surface area contributed by atoms with Gasteiger partial charge >= 0.3 is 11.9 Å². The maximum absolute atomic E-state index is 10.4. The molecular formula is C11H15NO5. The summed E-state index contributed by atoms with van der Waals surface area (Å²) in [7, 11) is 0. The van der Waals surface area contributed by atoms with Crippen molar-refractivity contribution in [2.24, 2.45) is 4.99 Å². The molecule has 0 unspecified atom stereocenters. The molecule has 0 bridgehead atoms. The summed E-state index contributed by atoms with van der Waals surface area (Å²) < 4.78 is 8.69. The molecule has 0 N–H and O–H groups in total. The van der Waals surface area contributed by atoms with Gasteiger partial charge in [-0.3, -0.25) is 9.79 Å². The number of allylic oxidation sites excluding steroid dienone is 1. The van der Waals surface area contributed by atoms with Crippen molar-refractivity contribution in [2.75, 3.05) is 13.2 Å². The standard InChI is InChI=1S/C6H10O4.C5H5NO/c1-3-9-5(7)6(8)10-4-2;7-5-1-3-6-4-2-5/h3-4H2,1-2H3;1,3-4H,2H2. The Morgan fingerprint density at radius 3 is 2.00 bits per heavy atom. The number of carbonyl (C=O) groups is 3. The third-order valence-corrected chi connectivity index (χ3v) is 1.46. The number of ketones is 1. The van der Waals surface area contributed by atoms with Crippen LogP contribution in [0.3, 0.4) is 0 Å². The lowest BCUT2D eigenvalue weighted by atomic mass is 10.3. The van der Waals surface area contributed by atoms with Gasteiger partial charge in [-0.2, -0.15) is 0 Å². The fourth-order valence-corrected chi connectivity index (χ4v) is 0.778. The Kier molecular flexibility index (Phi) is 8.18. The maximum atomic E-state index is 10.4. The number of ether oxygens (including phenoxy) is 2. The molecule has 0 spiro atoms. The second kappa shape index (κ2) is 9.26. The van der Waals surface area contributed by atoms with E-state index in [1.807, 2.05) is 0 Å². The van der Waals surface area contributed by atoms with Crippen molar-refractivity contribution in [3.63, 3.8) is 0 Å². The average molecular weight is 241 g/mol. The Labute approximate surface area is 99.3 Å². The highest BCUT2D eigenvalue weighted by Crippen LogP contribution is 1.88. The van der Waals surface area contributed by atoms with Gasteiger partial charge in [-0.15, -0.1) is 0 Å². The molecule has 0 saturated heterocycles. The Hall–Kier alpha value is -1.98. The van der Waals surface area contributed by atoms with Crippen LogP contribution in [0.5, 0.6) is 0 Å². The molecule has 0 radical (unpaired) electrons. The highest BCUT2D eigenvalue weighted by atomic mass is 16.6. The predicted molar refractivity (Wildman–Crippen MR) is 60.5 cm³/mol. The van der Waals surface area contributed by atoms with Gasteiger partial charge in [-0.1, -0.05) is 0 Å². The molecular weight excluding hydrogens is 226 g/mol. The van der Waals surface area contributed by atoms with Crippen LogP contribution in [-0.2, 0) is 23.9 Å². The van der Waals surface area contributed by atoms with Crippen molar-refractivity contribution in [3.05, 3.63) is 12.3 Å². The van der Waals surface area contributed by atoms with Crippen molar-refractivity contribution in [1.29, 1.82) is 0 Å². The maximum Gasteiger partial charge on any atom is 0.417 e. The van der Waals surface area contributed by atoms with E-state index in [9.17, 15) is 14.4 Å². The fraction of sp³-hybridized carbons (Fsp3) is 0.455. The highest BCUT2D eigenvalue weighted by Gasteiger charge is 2.14. The third-order valence-electron chi connectivity index (χ3n) is 1.46. The lowest BCUT2D eigenvalue weighted by Gasteiger charge is -1.99. The number of carbonyl (C=O) groups excluding carboxylic acids is 3. The smallest absolute Gasteiger partial charge is 0.417 e. The minimum Gasteiger partial charge on any atom is -0.458 e. The van der Waals surface area contributed by atoms with E-state index in [4.69, 9.17) is 0 Å². The minimum absolute atomic E-state index is 0.134. The van der Waals surface area contributed by atoms with Gasteiger partial charge in [0.25, 0.3) is 0 Å². The average Bonchev–Trinajstić information content (AvgIpc) is 2.31. The quantitative estimate of drug-likeness (QED) is 0.524. The zero-order valence-corrected chi connectivity index (χ0v) is 9.84. The van der Waals surface area contributed by atoms with E-state index in [-0.39, 0.29) is 19.0 Å². The van der Waals surface area contributed by atoms with Gasteiger partial charge in [0.05, 0.1) is 13.2 Å². The van der Waals surface area contributed by atoms with Crippen LogP contribution in [0, 0.1) is 0 Å². The summed E-state index contributed by atoms with van der Waals surface area (Å²) in [6.45, 7) is 3.63. The molecule has 6 heteroatoms. The van der Waals surface area contributed by atoms with Gasteiger partial charge in [0.15, 0.2) is 5.78 Å². The fourth-order valence-electron chi connectivity index (χ4n) is 0.778. The first-order valence-electron chi connectivity index (χ1n) is 5.16. The monoisotopic (exact) mass is 241 g/mol. The Morgan fingerprint density at radius 1 is 1.24 bits per heavy atom. The van der Waals surface area contributed by atoms with Crippen molar-refractivity contribution >= 4 is 23.9 Å². The van der Waals surface area contributed by atoms with E-state index >= 15 is 0 Å². The van der Waals surface area contributed by atoms with Gasteiger partial charge in [0, 0.05) is 18.8 Å². The van der Waals surface area contributed by atoms with Crippen LogP contribution in [0.25, 0.3) is 0 Å². The Morgan fingerprint density at radius 2 is 1.76 bits per heavy atom. The van der Waals surface area contributed by atoms with Crippen molar-refractivity contribution in [3.8, 4) is 0 Å². The van der Waals surface area contributed by atoms with Crippen molar-refractivity contribution in [1.82, 2.24) is 0 Å². The van der Waals surface area contributed by atoms with Gasteiger partial charge in [-0.25, -0.2) is 9.59 Å². The molecule has 1 rings (SSSR count). The number of hydrogen-bond donors (Lipinski definition) is 0. The van der Waals surface area contributed by atoms with Crippen LogP contribution >= 0.6 is 0 Å². The predicted octanol–water partition coefficient (Wildman–Crippen LogP) is 0.656. The lowest BCUT2D eigenvalue weighted by molar-refractivity contribution is -0.167. The first-order chi connectivity index (χ1) is 8.11. The molecule has 0 aromatic heterocycles. The number of rotatable bonds is 2. The first kappa shape index (κ1) is 15.0. The molecule has 1 heterocycles. The van der Waals surface area contributed by atoms with Gasteiger partial charge < -0.3 is 9.47 Å². The molecule has 6 nitrogen and oxygen atoms in total. The normalized spacial score (nSPS) is 12.5. The number of nitrogens with zero attached hydrogens (tertiary/aromatic N) is 1. The molecule has 0 fully saturated rings. The number of aliphatic imine (C=N–C) groups is 1. The van der Waals surface area contributed by atoms with Crippen LogP contribution in [0.2, 0.25) is 0 Å². The van der Waals surface area contributed by atoms with Crippen LogP contribution in [0.1, 0.15) is 20.3 Å². The van der Waals surface area contributed by atoms with Crippen LogP contribution in [-0.4, -0.2) is 37.2 Å². The molecule has 0 saturated carbocycles. The van der Waals surface area contributed by atoms with Crippen molar-refractivity contribution in [2.45, 2.75) is 20.3 Å². The van der Waals surface area contributed by atoms with E-state index in [1.54, 1.807) is 20.1 Å². The van der Waals surface area contributed by atoms with Crippen molar-refractivity contribution < 1.29 is 23.9 Å². The zero-order valence-electron chi connectivity index (χ0n) is 9.84. The molecule has 0 aromatic carbocycles. The van der Waals surface area contributed by atoms with E-state index in [0.717, 1.165) is 0 Å². The third kappa shape index (κ3) is 7.89. The number of esters is 2. The van der Waals surface area contributed by atoms with Crippen LogP contribution < -0.4 is 0 Å². The molecule has 0 atom stereocenters. The molecule has 1 aliphatic heterocycles. The van der Waals surface area contributed by atoms with Crippen LogP contribution in [0.15, 0.2) is 17.3 Å². The summed E-state index contributed by atoms with van der Waals surface area (Å²) in [5.74, 6) is -1.72. The van der Waals surface area contributed by atoms with Crippen LogP contribution in [0.4, 0.5) is 0 Å². The van der Waals surface area contributed by atoms with Gasteiger partial charge in [-0.05, 0) is 19.9 Å². The molecule has 0 amide bonds. The second-order valence-electron chi connectivity index (χ2n) is 2.76. The van der Waals surface area contributed by atoms with E-state index in [0.29, 0.717) is 6.42 Å². The summed E-state index contributed by atoms with van der Waals surface area (Å²) in [6.07, 6.45) is 5.05. The molecule has 1 aliphatic rings. The SMILES string of the molecule is CCOC(=O)C(=O)OCC.O=C1C=CN=CC1. The van der Waals surface area contributed by atoms with Gasteiger partial charge in [0.1, 0.15) is 0 Å². The molecule has 0 aromatic rings. The zero-order chi connectivity index (χ0) is 13.1. The van der Waals surface area contributed by atoms with E-state index < -0.39 is 11.9 Å². The van der Waals surface area contributed by atoms with E-state index in [2.05, 4.69) is 14.5 Å². The second-order valence-corrected chi connectivity index (χ2v) is 2.76. The minimum atomic E-state index is -0.927. The molecule has 17 heavy (non-hydrogen) atoms. The molecule has 0 aliphatic carbocycles. The summed E-state index contributed by atoms with van der Waals surface area (Å²) in [5, 5.41) is 0.